The van der Waals surface area contributed by atoms with Crippen LogP contribution in [-0.2, 0) is 20.0 Å². The average Bonchev–Trinajstić information content (AvgIpc) is 2.93. The fraction of sp³-hybridized carbons (Fsp3) is 0.214. The Morgan fingerprint density at radius 1 is 1.22 bits per heavy atom. The molecule has 0 saturated carbocycles. The van der Waals surface area contributed by atoms with E-state index < -0.39 is 0 Å². The van der Waals surface area contributed by atoms with Gasteiger partial charge >= 0.3 is 0 Å². The fourth-order valence-electron chi connectivity index (χ4n) is 2.23. The number of hydrogen-bond acceptors (Lipinski definition) is 1. The zero-order chi connectivity index (χ0) is 12.5. The molecule has 0 aliphatic heterocycles. The van der Waals surface area contributed by atoms with E-state index in [0.717, 1.165) is 23.9 Å². The number of rotatable bonds is 3. The molecule has 2 aromatic heterocycles. The maximum absolute atomic E-state index is 13.2. The van der Waals surface area contributed by atoms with Crippen molar-refractivity contribution in [2.45, 2.75) is 13.0 Å². The van der Waals surface area contributed by atoms with Crippen molar-refractivity contribution in [1.29, 1.82) is 0 Å². The Balaban J connectivity index is 1.87. The number of halogens is 1. The van der Waals surface area contributed by atoms with Crippen molar-refractivity contribution in [1.82, 2.24) is 14.3 Å². The van der Waals surface area contributed by atoms with Crippen LogP contribution in [-0.4, -0.2) is 14.3 Å². The van der Waals surface area contributed by atoms with Gasteiger partial charge in [0.2, 0.25) is 0 Å². The third-order valence-corrected chi connectivity index (χ3v) is 3.27. The van der Waals surface area contributed by atoms with Gasteiger partial charge < -0.3 is 4.57 Å². The Kier molecular flexibility index (Phi) is 2.63. The molecule has 0 radical (unpaired) electrons. The Labute approximate surface area is 104 Å². The van der Waals surface area contributed by atoms with Gasteiger partial charge in [0.1, 0.15) is 5.82 Å². The lowest BCUT2D eigenvalue weighted by atomic mass is 10.2. The summed E-state index contributed by atoms with van der Waals surface area (Å²) in [5.41, 5.74) is 2.12. The van der Waals surface area contributed by atoms with Crippen LogP contribution in [0.1, 0.15) is 5.69 Å². The van der Waals surface area contributed by atoms with Gasteiger partial charge in [0.05, 0.1) is 5.52 Å². The van der Waals surface area contributed by atoms with E-state index in [1.165, 1.54) is 11.8 Å². The van der Waals surface area contributed by atoms with Gasteiger partial charge in [-0.3, -0.25) is 4.68 Å². The summed E-state index contributed by atoms with van der Waals surface area (Å²) < 4.78 is 17.2. The van der Waals surface area contributed by atoms with Crippen molar-refractivity contribution < 1.29 is 4.39 Å². The van der Waals surface area contributed by atoms with E-state index in [0.29, 0.717) is 0 Å². The van der Waals surface area contributed by atoms with Crippen molar-refractivity contribution in [2.24, 2.45) is 7.05 Å². The molecule has 3 rings (SSSR count). The Morgan fingerprint density at radius 2 is 2.11 bits per heavy atom. The topological polar surface area (TPSA) is 22.8 Å². The Morgan fingerprint density at radius 3 is 2.89 bits per heavy atom. The molecule has 3 aromatic rings. The van der Waals surface area contributed by atoms with E-state index in [2.05, 4.69) is 9.67 Å². The lowest BCUT2D eigenvalue weighted by molar-refractivity contribution is 0.625. The van der Waals surface area contributed by atoms with Crippen LogP contribution in [0.25, 0.3) is 10.9 Å². The largest absolute Gasteiger partial charge is 0.347 e. The minimum absolute atomic E-state index is 0.192. The molecule has 0 N–H and O–H groups in total. The molecule has 0 spiro atoms. The maximum Gasteiger partial charge on any atom is 0.125 e. The molecule has 2 heterocycles. The SMILES string of the molecule is Cn1nccc1CCn1ccc2ccc(F)cc21. The van der Waals surface area contributed by atoms with Crippen molar-refractivity contribution >= 4 is 10.9 Å². The molecule has 0 unspecified atom stereocenters. The molecule has 18 heavy (non-hydrogen) atoms. The van der Waals surface area contributed by atoms with Crippen LogP contribution in [0.5, 0.6) is 0 Å². The van der Waals surface area contributed by atoms with E-state index in [-0.39, 0.29) is 5.82 Å². The molecule has 0 aliphatic carbocycles. The number of nitrogens with zero attached hydrogens (tertiary/aromatic N) is 3. The molecule has 1 aromatic carbocycles. The predicted octanol–water partition coefficient (Wildman–Crippen LogP) is 2.76. The second-order valence-electron chi connectivity index (χ2n) is 4.41. The Bertz CT molecular complexity index is 681. The van der Waals surface area contributed by atoms with Gasteiger partial charge in [-0.1, -0.05) is 0 Å². The summed E-state index contributed by atoms with van der Waals surface area (Å²) in [5, 5.41) is 5.21. The van der Waals surface area contributed by atoms with Gasteiger partial charge in [-0.25, -0.2) is 4.39 Å². The first-order valence-corrected chi connectivity index (χ1v) is 5.95. The van der Waals surface area contributed by atoms with Gasteiger partial charge in [-0.2, -0.15) is 5.10 Å². The van der Waals surface area contributed by atoms with Crippen LogP contribution >= 0.6 is 0 Å². The standard InChI is InChI=1S/C14H14FN3/c1-17-13(4-7-16-17)6-9-18-8-5-11-2-3-12(15)10-14(11)18/h2-5,7-8,10H,6,9H2,1H3. The highest BCUT2D eigenvalue weighted by atomic mass is 19.1. The molecular weight excluding hydrogens is 229 g/mol. The minimum Gasteiger partial charge on any atom is -0.347 e. The quantitative estimate of drug-likeness (QED) is 0.693. The molecule has 0 bridgehead atoms. The predicted molar refractivity (Wildman–Crippen MR) is 68.8 cm³/mol. The highest BCUT2D eigenvalue weighted by Crippen LogP contribution is 2.17. The first kappa shape index (κ1) is 11.0. The molecule has 92 valence electrons. The monoisotopic (exact) mass is 243 g/mol. The fourth-order valence-corrected chi connectivity index (χ4v) is 2.23. The van der Waals surface area contributed by atoms with Crippen molar-refractivity contribution in [3.05, 3.63) is 54.2 Å². The van der Waals surface area contributed by atoms with E-state index in [1.54, 1.807) is 12.3 Å². The van der Waals surface area contributed by atoms with Gasteiger partial charge in [0, 0.05) is 38.1 Å². The molecule has 0 fully saturated rings. The minimum atomic E-state index is -0.192. The summed E-state index contributed by atoms with van der Waals surface area (Å²) in [6.07, 6.45) is 4.68. The van der Waals surface area contributed by atoms with Crippen LogP contribution in [0.15, 0.2) is 42.7 Å². The molecule has 4 heteroatoms. The molecular formula is C14H14FN3. The highest BCUT2D eigenvalue weighted by molar-refractivity contribution is 5.80. The molecule has 0 atom stereocenters. The molecule has 0 aliphatic rings. The molecule has 3 nitrogen and oxygen atoms in total. The number of hydrogen-bond donors (Lipinski definition) is 0. The average molecular weight is 243 g/mol. The van der Waals surface area contributed by atoms with Gasteiger partial charge in [-0.05, 0) is 35.7 Å². The zero-order valence-corrected chi connectivity index (χ0v) is 10.2. The first-order valence-electron chi connectivity index (χ1n) is 5.95. The van der Waals surface area contributed by atoms with Crippen molar-refractivity contribution in [2.75, 3.05) is 0 Å². The third kappa shape index (κ3) is 1.90. The lowest BCUT2D eigenvalue weighted by Crippen LogP contribution is -2.04. The normalized spacial score (nSPS) is 11.2. The summed E-state index contributed by atoms with van der Waals surface area (Å²) in [6.45, 7) is 0.826. The molecule has 0 amide bonds. The molecule has 0 saturated heterocycles. The second-order valence-corrected chi connectivity index (χ2v) is 4.41. The number of aromatic nitrogens is 3. The maximum atomic E-state index is 13.2. The number of fused-ring (bicyclic) bond motifs is 1. The van der Waals surface area contributed by atoms with Crippen LogP contribution in [0.3, 0.4) is 0 Å². The summed E-state index contributed by atoms with van der Waals surface area (Å²) in [6, 6.07) is 8.90. The van der Waals surface area contributed by atoms with Gasteiger partial charge in [0.15, 0.2) is 0 Å². The third-order valence-electron chi connectivity index (χ3n) is 3.27. The summed E-state index contributed by atoms with van der Waals surface area (Å²) in [5.74, 6) is -0.192. The van der Waals surface area contributed by atoms with Crippen molar-refractivity contribution in [3.63, 3.8) is 0 Å². The van der Waals surface area contributed by atoms with Crippen LogP contribution in [0.2, 0.25) is 0 Å². The van der Waals surface area contributed by atoms with E-state index in [1.807, 2.05) is 36.1 Å². The zero-order valence-electron chi connectivity index (χ0n) is 10.2. The lowest BCUT2D eigenvalue weighted by Gasteiger charge is -2.06. The summed E-state index contributed by atoms with van der Waals surface area (Å²) in [4.78, 5) is 0. The summed E-state index contributed by atoms with van der Waals surface area (Å²) in [7, 11) is 1.93. The highest BCUT2D eigenvalue weighted by Gasteiger charge is 2.04. The van der Waals surface area contributed by atoms with Gasteiger partial charge in [-0.15, -0.1) is 0 Å². The first-order chi connectivity index (χ1) is 8.74. The smallest absolute Gasteiger partial charge is 0.125 e. The van der Waals surface area contributed by atoms with Crippen LogP contribution in [0, 0.1) is 5.82 Å². The number of benzene rings is 1. The number of aryl methyl sites for hydroxylation is 3. The Hall–Kier alpha value is -2.10. The second kappa shape index (κ2) is 4.29. The van der Waals surface area contributed by atoms with E-state index in [4.69, 9.17) is 0 Å². The van der Waals surface area contributed by atoms with Gasteiger partial charge in [0.25, 0.3) is 0 Å². The summed E-state index contributed by atoms with van der Waals surface area (Å²) >= 11 is 0. The van der Waals surface area contributed by atoms with Crippen LogP contribution < -0.4 is 0 Å². The van der Waals surface area contributed by atoms with E-state index >= 15 is 0 Å². The van der Waals surface area contributed by atoms with E-state index in [9.17, 15) is 4.39 Å². The van der Waals surface area contributed by atoms with Crippen LogP contribution in [0.4, 0.5) is 4.39 Å². The van der Waals surface area contributed by atoms with Crippen molar-refractivity contribution in [3.8, 4) is 0 Å².